The predicted octanol–water partition coefficient (Wildman–Crippen LogP) is 5.19. The number of halogens is 1. The normalized spacial score (nSPS) is 19.0. The number of rotatable bonds is 2. The Kier molecular flexibility index (Phi) is 4.07. The molecule has 0 fully saturated rings. The second-order valence-electron chi connectivity index (χ2n) is 7.69. The number of benzene rings is 2. The quantitative estimate of drug-likeness (QED) is 0.476. The summed E-state index contributed by atoms with van der Waals surface area (Å²) in [6.45, 7) is 2.07. The fourth-order valence-electron chi connectivity index (χ4n) is 4.39. The van der Waals surface area contributed by atoms with Gasteiger partial charge in [0.05, 0.1) is 5.70 Å². The van der Waals surface area contributed by atoms with Gasteiger partial charge in [0.25, 0.3) is 0 Å². The number of hydrogen-bond acceptors (Lipinski definition) is 5. The van der Waals surface area contributed by atoms with Gasteiger partial charge in [0.1, 0.15) is 18.1 Å². The lowest BCUT2D eigenvalue weighted by Gasteiger charge is -2.39. The first-order valence-corrected chi connectivity index (χ1v) is 10.4. The smallest absolute Gasteiger partial charge is 0.226 e. The summed E-state index contributed by atoms with van der Waals surface area (Å²) < 4.78 is 8.48. The molecule has 31 heavy (non-hydrogen) atoms. The van der Waals surface area contributed by atoms with Gasteiger partial charge >= 0.3 is 0 Å². The first-order chi connectivity index (χ1) is 15.2. The van der Waals surface area contributed by atoms with Crippen LogP contribution in [0.15, 0.2) is 78.9 Å². The minimum atomic E-state index is -0.394. The van der Waals surface area contributed by atoms with Crippen molar-refractivity contribution in [2.75, 3.05) is 5.32 Å². The van der Waals surface area contributed by atoms with Crippen molar-refractivity contribution in [3.8, 4) is 5.75 Å². The lowest BCUT2D eigenvalue weighted by Crippen LogP contribution is -2.32. The van der Waals surface area contributed by atoms with Gasteiger partial charge in [-0.15, -0.1) is 0 Å². The molecular formula is C24H18ClN5O. The van der Waals surface area contributed by atoms with Crippen LogP contribution in [0.2, 0.25) is 5.02 Å². The molecule has 4 heterocycles. The van der Waals surface area contributed by atoms with Crippen LogP contribution in [0.5, 0.6) is 5.75 Å². The molecule has 0 saturated heterocycles. The average molecular weight is 428 g/mol. The fourth-order valence-corrected chi connectivity index (χ4v) is 4.62. The lowest BCUT2D eigenvalue weighted by molar-refractivity contribution is 0.223. The lowest BCUT2D eigenvalue weighted by atomic mass is 9.85. The molecule has 6 nitrogen and oxygen atoms in total. The van der Waals surface area contributed by atoms with E-state index in [4.69, 9.17) is 16.3 Å². The zero-order valence-electron chi connectivity index (χ0n) is 16.7. The third-order valence-corrected chi connectivity index (χ3v) is 6.10. The number of anilines is 1. The van der Waals surface area contributed by atoms with Crippen LogP contribution in [-0.2, 0) is 0 Å². The van der Waals surface area contributed by atoms with E-state index >= 15 is 0 Å². The van der Waals surface area contributed by atoms with E-state index in [1.807, 2.05) is 47.3 Å². The second kappa shape index (κ2) is 6.96. The zero-order chi connectivity index (χ0) is 20.9. The Labute approximate surface area is 184 Å². The Morgan fingerprint density at radius 3 is 2.84 bits per heavy atom. The molecule has 0 aliphatic carbocycles. The van der Waals surface area contributed by atoms with Crippen LogP contribution >= 0.6 is 11.6 Å². The monoisotopic (exact) mass is 427 g/mol. The number of pyridine rings is 1. The predicted molar refractivity (Wildman–Crippen MR) is 119 cm³/mol. The van der Waals surface area contributed by atoms with Gasteiger partial charge in [-0.25, -0.2) is 4.68 Å². The topological polar surface area (TPSA) is 64.9 Å². The van der Waals surface area contributed by atoms with E-state index in [0.29, 0.717) is 11.0 Å². The molecule has 7 heteroatoms. The molecule has 4 aromatic rings. The van der Waals surface area contributed by atoms with Crippen molar-refractivity contribution in [1.82, 2.24) is 19.7 Å². The Hall–Kier alpha value is -3.64. The van der Waals surface area contributed by atoms with E-state index in [-0.39, 0.29) is 6.04 Å². The van der Waals surface area contributed by atoms with Gasteiger partial charge in [-0.3, -0.25) is 4.98 Å². The van der Waals surface area contributed by atoms with Crippen molar-refractivity contribution in [2.24, 2.45) is 0 Å². The minimum Gasteiger partial charge on any atom is -0.480 e. The summed E-state index contributed by atoms with van der Waals surface area (Å²) >= 11 is 6.64. The first kappa shape index (κ1) is 18.2. The van der Waals surface area contributed by atoms with Crippen molar-refractivity contribution >= 4 is 23.2 Å². The van der Waals surface area contributed by atoms with Crippen LogP contribution < -0.4 is 10.1 Å². The maximum atomic E-state index is 6.64. The summed E-state index contributed by atoms with van der Waals surface area (Å²) in [5.74, 6) is 1.49. The molecule has 2 aromatic heterocycles. The average Bonchev–Trinajstić information content (AvgIpc) is 3.27. The number of aromatic nitrogens is 4. The Balaban J connectivity index is 1.66. The summed E-state index contributed by atoms with van der Waals surface area (Å²) in [4.78, 5) is 8.81. The largest absolute Gasteiger partial charge is 0.480 e. The van der Waals surface area contributed by atoms with E-state index in [0.717, 1.165) is 39.3 Å². The number of ether oxygens (including phenoxy) is 1. The standard InChI is InChI=1S/C24H18ClN5O/c1-14-8-9-19-17(11-14)21-20(23(31-19)16-6-2-3-7-18(16)25)22(15-5-4-10-26-12-15)30-24(29-21)27-13-28-30/h2-13,22-23H,1H3,(H,27,28,29). The van der Waals surface area contributed by atoms with Gasteiger partial charge in [-0.1, -0.05) is 47.5 Å². The highest BCUT2D eigenvalue weighted by Crippen LogP contribution is 2.51. The SMILES string of the molecule is Cc1ccc2c(c1)C1=C(C(c3ccccc3Cl)O2)C(c2cccnc2)n2ncnc2N1. The van der Waals surface area contributed by atoms with Crippen molar-refractivity contribution in [2.45, 2.75) is 19.1 Å². The van der Waals surface area contributed by atoms with Crippen molar-refractivity contribution in [1.29, 1.82) is 0 Å². The van der Waals surface area contributed by atoms with Gasteiger partial charge in [-0.05, 0) is 36.8 Å². The van der Waals surface area contributed by atoms with E-state index < -0.39 is 6.10 Å². The van der Waals surface area contributed by atoms with Crippen molar-refractivity contribution in [3.05, 3.63) is 106 Å². The van der Waals surface area contributed by atoms with Crippen LogP contribution in [0.1, 0.15) is 34.4 Å². The van der Waals surface area contributed by atoms with Crippen LogP contribution in [0, 0.1) is 6.92 Å². The maximum absolute atomic E-state index is 6.64. The molecule has 0 amide bonds. The molecule has 1 N–H and O–H groups in total. The van der Waals surface area contributed by atoms with E-state index in [2.05, 4.69) is 45.5 Å². The van der Waals surface area contributed by atoms with Crippen LogP contribution in [0.3, 0.4) is 0 Å². The van der Waals surface area contributed by atoms with Gasteiger partial charge in [0.15, 0.2) is 6.10 Å². The first-order valence-electron chi connectivity index (χ1n) is 10.0. The second-order valence-corrected chi connectivity index (χ2v) is 8.10. The third-order valence-electron chi connectivity index (χ3n) is 5.76. The molecule has 0 spiro atoms. The van der Waals surface area contributed by atoms with Crippen molar-refractivity contribution in [3.63, 3.8) is 0 Å². The molecular weight excluding hydrogens is 410 g/mol. The molecule has 2 aromatic carbocycles. The molecule has 0 saturated carbocycles. The molecule has 2 atom stereocenters. The molecule has 6 rings (SSSR count). The van der Waals surface area contributed by atoms with E-state index in [9.17, 15) is 0 Å². The molecule has 0 bridgehead atoms. The number of hydrogen-bond donors (Lipinski definition) is 1. The summed E-state index contributed by atoms with van der Waals surface area (Å²) in [5.41, 5.74) is 6.06. The highest BCUT2D eigenvalue weighted by molar-refractivity contribution is 6.31. The Morgan fingerprint density at radius 1 is 1.10 bits per heavy atom. The zero-order valence-corrected chi connectivity index (χ0v) is 17.4. The number of fused-ring (bicyclic) bond motifs is 3. The van der Waals surface area contributed by atoms with Crippen LogP contribution in [-0.4, -0.2) is 19.7 Å². The molecule has 2 aliphatic heterocycles. The molecule has 2 aliphatic rings. The highest BCUT2D eigenvalue weighted by atomic mass is 35.5. The summed E-state index contributed by atoms with van der Waals surface area (Å²) in [6.07, 6.45) is 4.80. The third kappa shape index (κ3) is 2.83. The Morgan fingerprint density at radius 2 is 2.00 bits per heavy atom. The molecule has 0 radical (unpaired) electrons. The summed E-state index contributed by atoms with van der Waals surface area (Å²) in [7, 11) is 0. The van der Waals surface area contributed by atoms with Gasteiger partial charge in [0.2, 0.25) is 5.95 Å². The van der Waals surface area contributed by atoms with Crippen LogP contribution in [0.25, 0.3) is 5.70 Å². The maximum Gasteiger partial charge on any atom is 0.226 e. The summed E-state index contributed by atoms with van der Waals surface area (Å²) in [5, 5.41) is 8.69. The Bertz CT molecular complexity index is 1330. The van der Waals surface area contributed by atoms with Crippen LogP contribution in [0.4, 0.5) is 5.95 Å². The highest BCUT2D eigenvalue weighted by Gasteiger charge is 2.41. The van der Waals surface area contributed by atoms with Gasteiger partial charge < -0.3 is 10.1 Å². The minimum absolute atomic E-state index is 0.239. The number of nitrogens with one attached hydrogen (secondary N) is 1. The number of nitrogens with zero attached hydrogens (tertiary/aromatic N) is 4. The van der Waals surface area contributed by atoms with Gasteiger partial charge in [-0.2, -0.15) is 10.1 Å². The number of aryl methyl sites for hydroxylation is 1. The van der Waals surface area contributed by atoms with Gasteiger partial charge in [0, 0.05) is 34.1 Å². The summed E-state index contributed by atoms with van der Waals surface area (Å²) in [6, 6.07) is 17.7. The fraction of sp³-hybridized carbons (Fsp3) is 0.125. The van der Waals surface area contributed by atoms with E-state index in [1.54, 1.807) is 12.5 Å². The molecule has 2 unspecified atom stereocenters. The van der Waals surface area contributed by atoms with Crippen molar-refractivity contribution < 1.29 is 4.74 Å². The molecule has 152 valence electrons. The van der Waals surface area contributed by atoms with E-state index in [1.165, 1.54) is 0 Å².